The molecule has 0 saturated carbocycles. The lowest BCUT2D eigenvalue weighted by molar-refractivity contribution is 0.0940. The van der Waals surface area contributed by atoms with Gasteiger partial charge in [-0.3, -0.25) is 4.79 Å². The Morgan fingerprint density at radius 1 is 1.32 bits per heavy atom. The fourth-order valence-electron chi connectivity index (χ4n) is 2.10. The number of aromatic nitrogens is 1. The summed E-state index contributed by atoms with van der Waals surface area (Å²) in [5.74, 6) is -0.140. The molecular weight excluding hydrogens is 296 g/mol. The first-order valence-corrected chi connectivity index (χ1v) is 8.09. The number of aryl methyl sites for hydroxylation is 1. The quantitative estimate of drug-likeness (QED) is 0.889. The minimum absolute atomic E-state index is 0.130. The molecule has 4 nitrogen and oxygen atoms in total. The lowest BCUT2D eigenvalue weighted by Crippen LogP contribution is -2.36. The van der Waals surface area contributed by atoms with Gasteiger partial charge in [-0.1, -0.05) is 43.7 Å². The van der Waals surface area contributed by atoms with Gasteiger partial charge in [-0.05, 0) is 12.5 Å². The van der Waals surface area contributed by atoms with Crippen molar-refractivity contribution in [1.82, 2.24) is 10.3 Å². The minimum Gasteiger partial charge on any atom is -0.378 e. The number of ether oxygens (including phenoxy) is 1. The highest BCUT2D eigenvalue weighted by Gasteiger charge is 2.22. The molecule has 2 rings (SSSR count). The number of amides is 1. The predicted molar refractivity (Wildman–Crippen MR) is 89.4 cm³/mol. The highest BCUT2D eigenvalue weighted by atomic mass is 32.1. The van der Waals surface area contributed by atoms with Crippen LogP contribution < -0.4 is 5.32 Å². The minimum atomic E-state index is -0.140. The van der Waals surface area contributed by atoms with E-state index < -0.39 is 0 Å². The van der Waals surface area contributed by atoms with Gasteiger partial charge in [-0.2, -0.15) is 0 Å². The lowest BCUT2D eigenvalue weighted by Gasteiger charge is -2.25. The van der Waals surface area contributed by atoms with Crippen molar-refractivity contribution < 1.29 is 9.53 Å². The van der Waals surface area contributed by atoms with Gasteiger partial charge in [-0.15, -0.1) is 11.3 Å². The second kappa shape index (κ2) is 7.03. The van der Waals surface area contributed by atoms with Crippen LogP contribution in [0.3, 0.4) is 0 Å². The van der Waals surface area contributed by atoms with E-state index in [9.17, 15) is 4.79 Å². The molecule has 0 atom stereocenters. The zero-order valence-electron chi connectivity index (χ0n) is 13.5. The highest BCUT2D eigenvalue weighted by Crippen LogP contribution is 2.22. The lowest BCUT2D eigenvalue weighted by atomic mass is 9.84. The monoisotopic (exact) mass is 318 g/mol. The molecule has 22 heavy (non-hydrogen) atoms. The van der Waals surface area contributed by atoms with Gasteiger partial charge < -0.3 is 10.1 Å². The van der Waals surface area contributed by atoms with Crippen LogP contribution in [0.4, 0.5) is 0 Å². The summed E-state index contributed by atoms with van der Waals surface area (Å²) in [6.45, 7) is 7.31. The summed E-state index contributed by atoms with van der Waals surface area (Å²) in [6.07, 6.45) is 0. The van der Waals surface area contributed by atoms with Crippen LogP contribution in [0.15, 0.2) is 29.6 Å². The summed E-state index contributed by atoms with van der Waals surface area (Å²) in [7, 11) is 1.62. The van der Waals surface area contributed by atoms with Crippen molar-refractivity contribution in [3.05, 3.63) is 51.5 Å². The Kier molecular flexibility index (Phi) is 5.32. The molecule has 1 aromatic heterocycles. The summed E-state index contributed by atoms with van der Waals surface area (Å²) in [6, 6.07) is 8.41. The van der Waals surface area contributed by atoms with Crippen LogP contribution in [0, 0.1) is 6.92 Å². The van der Waals surface area contributed by atoms with Crippen LogP contribution in [0.1, 0.15) is 40.5 Å². The number of rotatable bonds is 6. The zero-order chi connectivity index (χ0) is 16.2. The van der Waals surface area contributed by atoms with Crippen LogP contribution in [0.25, 0.3) is 0 Å². The number of methoxy groups -OCH3 is 1. The second-order valence-electron chi connectivity index (χ2n) is 5.99. The Bertz CT molecular complexity index is 632. The molecule has 118 valence electrons. The van der Waals surface area contributed by atoms with Crippen LogP contribution in [0.5, 0.6) is 0 Å². The van der Waals surface area contributed by atoms with Gasteiger partial charge >= 0.3 is 0 Å². The largest absolute Gasteiger partial charge is 0.378 e. The molecule has 1 N–H and O–H groups in total. The number of nitrogens with one attached hydrogen (secondary N) is 1. The number of benzene rings is 1. The third kappa shape index (κ3) is 4.15. The normalized spacial score (nSPS) is 11.5. The Hall–Kier alpha value is -1.72. The van der Waals surface area contributed by atoms with Crippen molar-refractivity contribution in [3.8, 4) is 0 Å². The van der Waals surface area contributed by atoms with Crippen LogP contribution in [-0.2, 0) is 16.8 Å². The van der Waals surface area contributed by atoms with Gasteiger partial charge in [0, 0.05) is 24.4 Å². The molecule has 1 amide bonds. The number of hydrogen-bond donors (Lipinski definition) is 1. The summed E-state index contributed by atoms with van der Waals surface area (Å²) >= 11 is 1.44. The van der Waals surface area contributed by atoms with E-state index in [0.717, 1.165) is 5.01 Å². The van der Waals surface area contributed by atoms with E-state index >= 15 is 0 Å². The first-order chi connectivity index (χ1) is 10.4. The second-order valence-corrected chi connectivity index (χ2v) is 6.93. The summed E-state index contributed by atoms with van der Waals surface area (Å²) in [5, 5.41) is 5.55. The van der Waals surface area contributed by atoms with Crippen molar-refractivity contribution in [2.75, 3.05) is 13.7 Å². The Labute approximate surface area is 135 Å². The van der Waals surface area contributed by atoms with E-state index in [0.29, 0.717) is 18.8 Å². The zero-order valence-corrected chi connectivity index (χ0v) is 14.3. The van der Waals surface area contributed by atoms with Crippen molar-refractivity contribution in [3.63, 3.8) is 0 Å². The van der Waals surface area contributed by atoms with Gasteiger partial charge in [0.2, 0.25) is 0 Å². The molecule has 0 saturated heterocycles. The van der Waals surface area contributed by atoms with Crippen molar-refractivity contribution in [2.45, 2.75) is 32.8 Å². The molecule has 5 heteroatoms. The van der Waals surface area contributed by atoms with E-state index in [1.165, 1.54) is 22.5 Å². The fraction of sp³-hybridized carbons (Fsp3) is 0.412. The smallest absolute Gasteiger partial charge is 0.270 e. The van der Waals surface area contributed by atoms with Gasteiger partial charge in [0.25, 0.3) is 5.91 Å². The maximum absolute atomic E-state index is 12.2. The Morgan fingerprint density at radius 3 is 2.64 bits per heavy atom. The number of nitrogens with zero attached hydrogens (tertiary/aromatic N) is 1. The molecule has 0 radical (unpaired) electrons. The molecule has 0 spiro atoms. The van der Waals surface area contributed by atoms with Gasteiger partial charge in [0.1, 0.15) is 10.7 Å². The average Bonchev–Trinajstić information content (AvgIpc) is 2.94. The average molecular weight is 318 g/mol. The van der Waals surface area contributed by atoms with Crippen molar-refractivity contribution in [2.24, 2.45) is 0 Å². The molecule has 1 heterocycles. The highest BCUT2D eigenvalue weighted by molar-refractivity contribution is 7.09. The Balaban J connectivity index is 1.98. The number of hydrogen-bond acceptors (Lipinski definition) is 4. The fourth-order valence-corrected chi connectivity index (χ4v) is 2.85. The molecule has 0 unspecified atom stereocenters. The van der Waals surface area contributed by atoms with E-state index in [-0.39, 0.29) is 11.3 Å². The van der Waals surface area contributed by atoms with E-state index in [4.69, 9.17) is 4.74 Å². The summed E-state index contributed by atoms with van der Waals surface area (Å²) < 4.78 is 5.02. The van der Waals surface area contributed by atoms with E-state index in [1.807, 2.05) is 0 Å². The maximum atomic E-state index is 12.2. The molecule has 0 aliphatic heterocycles. The molecule has 0 aliphatic rings. The standard InChI is InChI=1S/C17H22N2O2S/c1-12-5-7-13(8-6-12)17(2,3)11-18-16(20)14-10-22-15(19-14)9-21-4/h5-8,10H,9,11H2,1-4H3,(H,18,20). The van der Waals surface area contributed by atoms with Crippen molar-refractivity contribution in [1.29, 1.82) is 0 Å². The maximum Gasteiger partial charge on any atom is 0.270 e. The molecule has 1 aromatic carbocycles. The third-order valence-electron chi connectivity index (χ3n) is 3.58. The van der Waals surface area contributed by atoms with Crippen LogP contribution >= 0.6 is 11.3 Å². The van der Waals surface area contributed by atoms with E-state index in [2.05, 4.69) is 55.3 Å². The van der Waals surface area contributed by atoms with Gasteiger partial charge in [0.15, 0.2) is 0 Å². The SMILES string of the molecule is COCc1nc(C(=O)NCC(C)(C)c2ccc(C)cc2)cs1. The van der Waals surface area contributed by atoms with Gasteiger partial charge in [0.05, 0.1) is 6.61 Å². The number of carbonyl (C=O) groups excluding carboxylic acids is 1. The van der Waals surface area contributed by atoms with Gasteiger partial charge in [-0.25, -0.2) is 4.98 Å². The predicted octanol–water partition coefficient (Wildman–Crippen LogP) is 3.31. The third-order valence-corrected chi connectivity index (χ3v) is 4.40. The molecule has 0 bridgehead atoms. The molecule has 2 aromatic rings. The molecular formula is C17H22N2O2S. The summed E-state index contributed by atoms with van der Waals surface area (Å²) in [4.78, 5) is 16.5. The molecule has 0 fully saturated rings. The number of carbonyl (C=O) groups is 1. The first kappa shape index (κ1) is 16.6. The van der Waals surface area contributed by atoms with Crippen LogP contribution in [0.2, 0.25) is 0 Å². The topological polar surface area (TPSA) is 51.2 Å². The van der Waals surface area contributed by atoms with E-state index in [1.54, 1.807) is 12.5 Å². The summed E-state index contributed by atoms with van der Waals surface area (Å²) in [5.41, 5.74) is 2.76. The first-order valence-electron chi connectivity index (χ1n) is 7.21. The Morgan fingerprint density at radius 2 is 2.00 bits per heavy atom. The van der Waals surface area contributed by atoms with Crippen LogP contribution in [-0.4, -0.2) is 24.5 Å². The van der Waals surface area contributed by atoms with Crippen molar-refractivity contribution >= 4 is 17.2 Å². The molecule has 0 aliphatic carbocycles. The number of thiazole rings is 1.